The molecule has 0 amide bonds. The summed E-state index contributed by atoms with van der Waals surface area (Å²) in [5.74, 6) is -0.412. The molecule has 3 N–H and O–H groups in total. The third-order valence-electron chi connectivity index (χ3n) is 2.72. The van der Waals surface area contributed by atoms with Crippen LogP contribution >= 0.6 is 0 Å². The first kappa shape index (κ1) is 11.0. The quantitative estimate of drug-likeness (QED) is 0.826. The highest BCUT2D eigenvalue weighted by Crippen LogP contribution is 2.22. The third kappa shape index (κ3) is 2.17. The number of benzene rings is 1. The van der Waals surface area contributed by atoms with Crippen molar-refractivity contribution in [3.63, 3.8) is 0 Å². The van der Waals surface area contributed by atoms with Crippen LogP contribution in [0.5, 0.6) is 0 Å². The van der Waals surface area contributed by atoms with E-state index in [0.29, 0.717) is 12.1 Å². The smallest absolute Gasteiger partial charge is 0.408 e. The molecule has 4 heteroatoms. The zero-order chi connectivity index (χ0) is 11.8. The van der Waals surface area contributed by atoms with Gasteiger partial charge in [0.25, 0.3) is 0 Å². The second kappa shape index (κ2) is 3.79. The minimum atomic E-state index is -0.412. The minimum absolute atomic E-state index is 0.0672. The molecule has 0 unspecified atom stereocenters. The van der Waals surface area contributed by atoms with Crippen LogP contribution < -0.4 is 11.5 Å². The molecule has 0 radical (unpaired) electrons. The highest BCUT2D eigenvalue weighted by molar-refractivity contribution is 5.72. The lowest BCUT2D eigenvalue weighted by Gasteiger charge is -2.22. The van der Waals surface area contributed by atoms with Gasteiger partial charge >= 0.3 is 5.76 Å². The summed E-state index contributed by atoms with van der Waals surface area (Å²) in [7, 11) is 0. The number of H-pyrrole nitrogens is 1. The molecule has 86 valence electrons. The molecule has 0 saturated heterocycles. The highest BCUT2D eigenvalue weighted by Gasteiger charge is 2.16. The van der Waals surface area contributed by atoms with Crippen molar-refractivity contribution in [2.24, 2.45) is 11.1 Å². The monoisotopic (exact) mass is 220 g/mol. The molecule has 0 atom stereocenters. The molecule has 4 nitrogen and oxygen atoms in total. The van der Waals surface area contributed by atoms with Gasteiger partial charge in [-0.1, -0.05) is 19.9 Å². The van der Waals surface area contributed by atoms with E-state index < -0.39 is 5.76 Å². The van der Waals surface area contributed by atoms with E-state index in [1.54, 1.807) is 0 Å². The Bertz CT molecular complexity index is 551. The van der Waals surface area contributed by atoms with Gasteiger partial charge in [0.05, 0.1) is 5.52 Å². The van der Waals surface area contributed by atoms with E-state index in [1.807, 2.05) is 18.2 Å². The van der Waals surface area contributed by atoms with E-state index in [2.05, 4.69) is 18.8 Å². The first-order chi connectivity index (χ1) is 7.50. The first-order valence-corrected chi connectivity index (χ1v) is 5.32. The van der Waals surface area contributed by atoms with Crippen LogP contribution in [0.2, 0.25) is 0 Å². The number of fused-ring (bicyclic) bond motifs is 1. The Morgan fingerprint density at radius 3 is 2.88 bits per heavy atom. The summed E-state index contributed by atoms with van der Waals surface area (Å²) in [4.78, 5) is 13.6. The fourth-order valence-electron chi connectivity index (χ4n) is 1.73. The Balaban J connectivity index is 2.36. The predicted octanol–water partition coefficient (Wildman–Crippen LogP) is 1.65. The maximum atomic E-state index is 11.0. The summed E-state index contributed by atoms with van der Waals surface area (Å²) >= 11 is 0. The second-order valence-corrected chi connectivity index (χ2v) is 4.89. The molecule has 0 aliphatic carbocycles. The van der Waals surface area contributed by atoms with Gasteiger partial charge in [-0.15, -0.1) is 0 Å². The van der Waals surface area contributed by atoms with E-state index >= 15 is 0 Å². The molecule has 0 saturated carbocycles. The van der Waals surface area contributed by atoms with Crippen LogP contribution in [-0.2, 0) is 6.42 Å². The first-order valence-electron chi connectivity index (χ1n) is 5.32. The Hall–Kier alpha value is -1.55. The van der Waals surface area contributed by atoms with Crippen LogP contribution in [-0.4, -0.2) is 11.5 Å². The van der Waals surface area contributed by atoms with E-state index in [9.17, 15) is 4.79 Å². The minimum Gasteiger partial charge on any atom is -0.408 e. The molecule has 2 rings (SSSR count). The Morgan fingerprint density at radius 2 is 2.19 bits per heavy atom. The van der Waals surface area contributed by atoms with Gasteiger partial charge in [-0.3, -0.25) is 4.98 Å². The molecule has 0 spiro atoms. The van der Waals surface area contributed by atoms with Gasteiger partial charge in [-0.05, 0) is 36.1 Å². The van der Waals surface area contributed by atoms with Crippen molar-refractivity contribution < 1.29 is 4.42 Å². The molecular weight excluding hydrogens is 204 g/mol. The van der Waals surface area contributed by atoms with Crippen molar-refractivity contribution in [1.29, 1.82) is 0 Å². The lowest BCUT2D eigenvalue weighted by Crippen LogP contribution is -2.25. The average Bonchev–Trinajstić information content (AvgIpc) is 2.57. The number of hydrogen-bond acceptors (Lipinski definition) is 3. The Kier molecular flexibility index (Phi) is 2.59. The zero-order valence-corrected chi connectivity index (χ0v) is 9.54. The van der Waals surface area contributed by atoms with Gasteiger partial charge in [0.1, 0.15) is 0 Å². The maximum absolute atomic E-state index is 11.0. The third-order valence-corrected chi connectivity index (χ3v) is 2.72. The SMILES string of the molecule is CC(C)(CN)Cc1ccc2oc(=O)[nH]c2c1. The number of aromatic amines is 1. The molecular formula is C12H16N2O2. The normalized spacial score (nSPS) is 12.2. The van der Waals surface area contributed by atoms with Gasteiger partial charge in [0.15, 0.2) is 5.58 Å². The highest BCUT2D eigenvalue weighted by atomic mass is 16.4. The average molecular weight is 220 g/mol. The number of aromatic nitrogens is 1. The van der Waals surface area contributed by atoms with Crippen molar-refractivity contribution >= 4 is 11.1 Å². The van der Waals surface area contributed by atoms with Gasteiger partial charge < -0.3 is 10.2 Å². The predicted molar refractivity (Wildman–Crippen MR) is 63.4 cm³/mol. The Labute approximate surface area is 93.5 Å². The van der Waals surface area contributed by atoms with E-state index in [1.165, 1.54) is 0 Å². The Morgan fingerprint density at radius 1 is 1.44 bits per heavy atom. The van der Waals surface area contributed by atoms with E-state index in [4.69, 9.17) is 10.2 Å². The van der Waals surface area contributed by atoms with Crippen molar-refractivity contribution in [2.75, 3.05) is 6.54 Å². The maximum Gasteiger partial charge on any atom is 0.417 e. The summed E-state index contributed by atoms with van der Waals surface area (Å²) in [5, 5.41) is 0. The summed E-state index contributed by atoms with van der Waals surface area (Å²) in [6, 6.07) is 5.73. The van der Waals surface area contributed by atoms with Crippen LogP contribution in [0.3, 0.4) is 0 Å². The fourth-order valence-corrected chi connectivity index (χ4v) is 1.73. The van der Waals surface area contributed by atoms with Crippen molar-refractivity contribution in [3.8, 4) is 0 Å². The van der Waals surface area contributed by atoms with Gasteiger partial charge in [-0.2, -0.15) is 0 Å². The van der Waals surface area contributed by atoms with Crippen molar-refractivity contribution in [2.45, 2.75) is 20.3 Å². The van der Waals surface area contributed by atoms with Crippen LogP contribution in [0.4, 0.5) is 0 Å². The molecule has 1 aromatic carbocycles. The lowest BCUT2D eigenvalue weighted by molar-refractivity contribution is 0.377. The summed E-state index contributed by atoms with van der Waals surface area (Å²) < 4.78 is 4.94. The molecule has 16 heavy (non-hydrogen) atoms. The number of oxazole rings is 1. The molecule has 1 heterocycles. The number of rotatable bonds is 3. The molecule has 0 aliphatic rings. The van der Waals surface area contributed by atoms with Crippen LogP contribution in [0.25, 0.3) is 11.1 Å². The van der Waals surface area contributed by atoms with Crippen LogP contribution in [0.1, 0.15) is 19.4 Å². The van der Waals surface area contributed by atoms with E-state index in [0.717, 1.165) is 17.5 Å². The molecule has 0 fully saturated rings. The van der Waals surface area contributed by atoms with Gasteiger partial charge in [0.2, 0.25) is 0 Å². The summed E-state index contributed by atoms with van der Waals surface area (Å²) in [5.41, 5.74) is 8.26. The van der Waals surface area contributed by atoms with E-state index in [-0.39, 0.29) is 5.41 Å². The summed E-state index contributed by atoms with van der Waals surface area (Å²) in [6.45, 7) is 4.87. The standard InChI is InChI=1S/C12H16N2O2/c1-12(2,7-13)6-8-3-4-10-9(5-8)14-11(15)16-10/h3-5H,6-7,13H2,1-2H3,(H,14,15). The molecule has 0 bridgehead atoms. The van der Waals surface area contributed by atoms with Gasteiger partial charge in [-0.25, -0.2) is 4.79 Å². The van der Waals surface area contributed by atoms with Crippen molar-refractivity contribution in [3.05, 3.63) is 34.3 Å². The lowest BCUT2D eigenvalue weighted by atomic mass is 9.86. The molecule has 1 aromatic heterocycles. The van der Waals surface area contributed by atoms with Crippen LogP contribution in [0.15, 0.2) is 27.4 Å². The second-order valence-electron chi connectivity index (χ2n) is 4.89. The number of nitrogens with two attached hydrogens (primary N) is 1. The molecule has 0 aliphatic heterocycles. The van der Waals surface area contributed by atoms with Crippen molar-refractivity contribution in [1.82, 2.24) is 4.98 Å². The topological polar surface area (TPSA) is 72.0 Å². The number of nitrogens with one attached hydrogen (secondary N) is 1. The fraction of sp³-hybridized carbons (Fsp3) is 0.417. The zero-order valence-electron chi connectivity index (χ0n) is 9.54. The largest absolute Gasteiger partial charge is 0.417 e. The number of hydrogen-bond donors (Lipinski definition) is 2. The molecule has 2 aromatic rings. The summed E-state index contributed by atoms with van der Waals surface area (Å²) in [6.07, 6.45) is 0.882. The van der Waals surface area contributed by atoms with Crippen LogP contribution in [0, 0.1) is 5.41 Å². The van der Waals surface area contributed by atoms with Gasteiger partial charge in [0, 0.05) is 0 Å².